The maximum atomic E-state index is 12.6. The fourth-order valence-corrected chi connectivity index (χ4v) is 2.88. The second kappa shape index (κ2) is 12.2. The first-order chi connectivity index (χ1) is 15.3. The molecule has 0 radical (unpaired) electrons. The van der Waals surface area contributed by atoms with E-state index >= 15 is 0 Å². The molecule has 0 bridgehead atoms. The fourth-order valence-electron chi connectivity index (χ4n) is 2.88. The number of benzene rings is 2. The Bertz CT molecular complexity index is 957. The highest BCUT2D eigenvalue weighted by Gasteiger charge is 2.25. The maximum Gasteiger partial charge on any atom is 0.412 e. The summed E-state index contributed by atoms with van der Waals surface area (Å²) in [6, 6.07) is 13.2. The van der Waals surface area contributed by atoms with Crippen molar-refractivity contribution in [2.75, 3.05) is 18.5 Å². The number of hydrogen-bond donors (Lipinski definition) is 4. The van der Waals surface area contributed by atoms with Gasteiger partial charge in [-0.2, -0.15) is 0 Å². The van der Waals surface area contributed by atoms with Crippen molar-refractivity contribution in [1.29, 1.82) is 0 Å². The summed E-state index contributed by atoms with van der Waals surface area (Å²) in [5.41, 5.74) is 2.98. The summed E-state index contributed by atoms with van der Waals surface area (Å²) >= 11 is 0. The molecule has 0 unspecified atom stereocenters. The quantitative estimate of drug-likeness (QED) is 0.192. The number of hydrogen-bond acceptors (Lipinski definition) is 7. The normalized spacial score (nSPS) is 12.6. The Morgan fingerprint density at radius 3 is 2.41 bits per heavy atom. The molecule has 0 saturated carbocycles. The van der Waals surface area contributed by atoms with Crippen molar-refractivity contribution in [1.82, 2.24) is 5.48 Å². The molecule has 32 heavy (non-hydrogen) atoms. The van der Waals surface area contributed by atoms with Gasteiger partial charge in [-0.3, -0.25) is 20.1 Å². The number of aliphatic hydroxyl groups is 1. The lowest BCUT2D eigenvalue weighted by Gasteiger charge is -2.24. The Labute approximate surface area is 185 Å². The van der Waals surface area contributed by atoms with Crippen LogP contribution in [-0.2, 0) is 9.53 Å². The van der Waals surface area contributed by atoms with E-state index in [4.69, 9.17) is 19.8 Å². The van der Waals surface area contributed by atoms with Crippen molar-refractivity contribution < 1.29 is 34.2 Å². The van der Waals surface area contributed by atoms with Crippen LogP contribution in [0.2, 0.25) is 0 Å². The summed E-state index contributed by atoms with van der Waals surface area (Å²) in [5, 5.41) is 20.4. The highest BCUT2D eigenvalue weighted by molar-refractivity contribution is 5.95. The van der Waals surface area contributed by atoms with Gasteiger partial charge in [0.05, 0.1) is 6.61 Å². The number of nitrogens with one attached hydrogen (secondary N) is 2. The van der Waals surface area contributed by atoms with Crippen molar-refractivity contribution in [2.45, 2.75) is 20.0 Å². The highest BCUT2D eigenvalue weighted by Crippen LogP contribution is 2.34. The van der Waals surface area contributed by atoms with Crippen molar-refractivity contribution in [3.63, 3.8) is 0 Å². The summed E-state index contributed by atoms with van der Waals surface area (Å²) in [5.74, 6) is -0.893. The number of rotatable bonds is 10. The van der Waals surface area contributed by atoms with Crippen molar-refractivity contribution in [3.8, 4) is 5.75 Å². The van der Waals surface area contributed by atoms with E-state index < -0.39 is 24.0 Å². The number of Topliss-reactive ketones (excluding diaryl/α,β-unsaturated/α-hetero) is 1. The third-order valence-electron chi connectivity index (χ3n) is 4.49. The molecule has 0 aliphatic heterocycles. The number of ether oxygens (including phenoxy) is 2. The summed E-state index contributed by atoms with van der Waals surface area (Å²) in [6.45, 7) is 3.03. The lowest BCUT2D eigenvalue weighted by molar-refractivity contribution is -0.124. The van der Waals surface area contributed by atoms with Crippen LogP contribution in [0.4, 0.5) is 10.5 Å². The standard InChI is InChI=1S/C23H26N2O7/c1-15(7-12-21(28)25-30)22(19-5-3-4-6-20(19)31-14-13-26)32-23(29)24-18-10-8-17(9-11-18)16(2)27/h3-12,15,22,26,30H,13-14H2,1-2H3,(H,24,29)(H,25,28)/b12-7+/t15-,22+/m0/s1. The second-order valence-corrected chi connectivity index (χ2v) is 6.89. The third kappa shape index (κ3) is 7.22. The molecule has 170 valence electrons. The smallest absolute Gasteiger partial charge is 0.412 e. The van der Waals surface area contributed by atoms with Gasteiger partial charge in [-0.15, -0.1) is 0 Å². The fraction of sp³-hybridized carbons (Fsp3) is 0.261. The van der Waals surface area contributed by atoms with Crippen LogP contribution in [0.5, 0.6) is 5.75 Å². The number of hydroxylamine groups is 1. The molecule has 2 aromatic rings. The number of ketones is 1. The first kappa shape index (κ1) is 24.6. The van der Waals surface area contributed by atoms with Crippen LogP contribution in [0.1, 0.15) is 35.9 Å². The van der Waals surface area contributed by atoms with Gasteiger partial charge in [0, 0.05) is 28.8 Å². The van der Waals surface area contributed by atoms with Gasteiger partial charge in [-0.25, -0.2) is 10.3 Å². The summed E-state index contributed by atoms with van der Waals surface area (Å²) < 4.78 is 11.2. The molecule has 2 rings (SSSR count). The van der Waals surface area contributed by atoms with Crippen molar-refractivity contribution in [2.24, 2.45) is 5.92 Å². The zero-order valence-electron chi connectivity index (χ0n) is 17.8. The minimum absolute atomic E-state index is 0.0512. The Morgan fingerprint density at radius 1 is 1.09 bits per heavy atom. The predicted octanol–water partition coefficient (Wildman–Crippen LogP) is 3.25. The van der Waals surface area contributed by atoms with Gasteiger partial charge in [-0.1, -0.05) is 31.2 Å². The molecule has 4 N–H and O–H groups in total. The monoisotopic (exact) mass is 442 g/mol. The molecular weight excluding hydrogens is 416 g/mol. The van der Waals surface area contributed by atoms with Crippen LogP contribution in [0.25, 0.3) is 0 Å². The van der Waals surface area contributed by atoms with E-state index in [1.807, 2.05) is 0 Å². The molecule has 0 fully saturated rings. The maximum absolute atomic E-state index is 12.6. The van der Waals surface area contributed by atoms with Gasteiger partial charge in [0.15, 0.2) is 5.78 Å². The zero-order valence-corrected chi connectivity index (χ0v) is 17.8. The molecule has 0 aliphatic carbocycles. The van der Waals surface area contributed by atoms with E-state index in [-0.39, 0.29) is 19.0 Å². The number of carbonyl (C=O) groups is 3. The Kier molecular flexibility index (Phi) is 9.40. The van der Waals surface area contributed by atoms with E-state index in [1.54, 1.807) is 55.5 Å². The zero-order chi connectivity index (χ0) is 23.5. The van der Waals surface area contributed by atoms with Gasteiger partial charge in [0.25, 0.3) is 5.91 Å². The largest absolute Gasteiger partial charge is 0.491 e. The van der Waals surface area contributed by atoms with Crippen LogP contribution < -0.4 is 15.5 Å². The molecule has 0 saturated heterocycles. The first-order valence-corrected chi connectivity index (χ1v) is 9.89. The van der Waals surface area contributed by atoms with Gasteiger partial charge in [-0.05, 0) is 37.3 Å². The van der Waals surface area contributed by atoms with E-state index in [0.717, 1.165) is 6.08 Å². The average Bonchev–Trinajstić information content (AvgIpc) is 2.80. The molecule has 2 atom stereocenters. The van der Waals surface area contributed by atoms with Gasteiger partial charge < -0.3 is 14.6 Å². The number of amides is 2. The molecule has 0 heterocycles. The van der Waals surface area contributed by atoms with Crippen LogP contribution >= 0.6 is 0 Å². The molecule has 2 aromatic carbocycles. The van der Waals surface area contributed by atoms with Gasteiger partial charge >= 0.3 is 6.09 Å². The summed E-state index contributed by atoms with van der Waals surface area (Å²) in [6.07, 6.45) is 0.989. The molecular formula is C23H26N2O7. The topological polar surface area (TPSA) is 134 Å². The second-order valence-electron chi connectivity index (χ2n) is 6.89. The molecule has 9 nitrogen and oxygen atoms in total. The number of carbonyl (C=O) groups excluding carboxylic acids is 3. The van der Waals surface area contributed by atoms with Crippen LogP contribution in [-0.4, -0.2) is 41.3 Å². The minimum atomic E-state index is -0.857. The molecule has 9 heteroatoms. The first-order valence-electron chi connectivity index (χ1n) is 9.89. The van der Waals surface area contributed by atoms with Crippen molar-refractivity contribution >= 4 is 23.5 Å². The Hall–Kier alpha value is -3.69. The summed E-state index contributed by atoms with van der Waals surface area (Å²) in [4.78, 5) is 35.4. The Balaban J connectivity index is 2.26. The number of para-hydroxylation sites is 1. The predicted molar refractivity (Wildman–Crippen MR) is 117 cm³/mol. The number of anilines is 1. The van der Waals surface area contributed by atoms with E-state index in [0.29, 0.717) is 22.6 Å². The SMILES string of the molecule is CC(=O)c1ccc(NC(=O)O[C@@H](c2ccccc2OCCO)[C@@H](C)/C=C/C(=O)NO)cc1. The summed E-state index contributed by atoms with van der Waals surface area (Å²) in [7, 11) is 0. The van der Waals surface area contributed by atoms with Gasteiger partial charge in [0.1, 0.15) is 18.5 Å². The molecule has 0 aliphatic rings. The van der Waals surface area contributed by atoms with E-state index in [2.05, 4.69) is 5.32 Å². The molecule has 0 spiro atoms. The number of aliphatic hydroxyl groups excluding tert-OH is 1. The van der Waals surface area contributed by atoms with Crippen LogP contribution in [0.15, 0.2) is 60.7 Å². The highest BCUT2D eigenvalue weighted by atomic mass is 16.6. The minimum Gasteiger partial charge on any atom is -0.491 e. The Morgan fingerprint density at radius 2 is 1.78 bits per heavy atom. The van der Waals surface area contributed by atoms with E-state index in [9.17, 15) is 14.4 Å². The molecule has 2 amide bonds. The third-order valence-corrected chi connectivity index (χ3v) is 4.49. The van der Waals surface area contributed by atoms with E-state index in [1.165, 1.54) is 18.5 Å². The lowest BCUT2D eigenvalue weighted by atomic mass is 9.96. The van der Waals surface area contributed by atoms with Gasteiger partial charge in [0.2, 0.25) is 0 Å². The van der Waals surface area contributed by atoms with Crippen LogP contribution in [0, 0.1) is 5.92 Å². The molecule has 0 aromatic heterocycles. The lowest BCUT2D eigenvalue weighted by Crippen LogP contribution is -2.22. The van der Waals surface area contributed by atoms with Crippen molar-refractivity contribution in [3.05, 3.63) is 71.8 Å². The van der Waals surface area contributed by atoms with Crippen LogP contribution in [0.3, 0.4) is 0 Å². The average molecular weight is 442 g/mol.